The Balaban J connectivity index is 1.84. The van der Waals surface area contributed by atoms with Gasteiger partial charge in [-0.25, -0.2) is 0 Å². The Hall–Kier alpha value is -1.63. The Morgan fingerprint density at radius 2 is 1.86 bits per heavy atom. The summed E-state index contributed by atoms with van der Waals surface area (Å²) in [6.07, 6.45) is 3.37. The zero-order valence-electron chi connectivity index (χ0n) is 18.5. The third-order valence-electron chi connectivity index (χ3n) is 5.34. The summed E-state index contributed by atoms with van der Waals surface area (Å²) >= 11 is 0. The van der Waals surface area contributed by atoms with Crippen LogP contribution >= 0.6 is 0 Å². The maximum Gasteiger partial charge on any atom is 0.191 e. The molecule has 0 radical (unpaired) electrons. The number of ether oxygens (including phenoxy) is 2. The average Bonchev–Trinajstić information content (AvgIpc) is 2.77. The van der Waals surface area contributed by atoms with Gasteiger partial charge >= 0.3 is 0 Å². The lowest BCUT2D eigenvalue weighted by atomic mass is 10.1. The molecule has 0 amide bonds. The monoisotopic (exact) mass is 404 g/mol. The largest absolute Gasteiger partial charge is 0.381 e. The minimum absolute atomic E-state index is 0.290. The smallest absolute Gasteiger partial charge is 0.191 e. The van der Waals surface area contributed by atoms with Crippen molar-refractivity contribution < 1.29 is 9.47 Å². The normalized spacial score (nSPS) is 16.8. The van der Waals surface area contributed by atoms with E-state index in [2.05, 4.69) is 66.6 Å². The summed E-state index contributed by atoms with van der Waals surface area (Å²) in [4.78, 5) is 7.35. The van der Waals surface area contributed by atoms with Crippen molar-refractivity contribution in [3.8, 4) is 0 Å². The molecule has 1 aliphatic heterocycles. The molecular formula is C23H40N4O2. The third-order valence-corrected chi connectivity index (χ3v) is 5.34. The van der Waals surface area contributed by atoms with Crippen LogP contribution in [0, 0.1) is 0 Å². The minimum atomic E-state index is 0.290. The van der Waals surface area contributed by atoms with Gasteiger partial charge in [-0.15, -0.1) is 0 Å². The van der Waals surface area contributed by atoms with Crippen LogP contribution in [0.1, 0.15) is 51.6 Å². The van der Waals surface area contributed by atoms with E-state index in [-0.39, 0.29) is 0 Å². The van der Waals surface area contributed by atoms with Gasteiger partial charge in [-0.05, 0) is 44.8 Å². The van der Waals surface area contributed by atoms with Gasteiger partial charge in [0, 0.05) is 32.9 Å². The Labute approximate surface area is 177 Å². The number of guanidine groups is 1. The van der Waals surface area contributed by atoms with E-state index in [0.29, 0.717) is 12.1 Å². The summed E-state index contributed by atoms with van der Waals surface area (Å²) in [5.41, 5.74) is 1.32. The highest BCUT2D eigenvalue weighted by molar-refractivity contribution is 5.79. The summed E-state index contributed by atoms with van der Waals surface area (Å²) in [6, 6.07) is 11.0. The van der Waals surface area contributed by atoms with Gasteiger partial charge in [-0.2, -0.15) is 0 Å². The highest BCUT2D eigenvalue weighted by Gasteiger charge is 2.17. The van der Waals surface area contributed by atoms with Gasteiger partial charge in [-0.3, -0.25) is 9.89 Å². The van der Waals surface area contributed by atoms with Crippen molar-refractivity contribution in [1.82, 2.24) is 15.5 Å². The number of hydrogen-bond acceptors (Lipinski definition) is 4. The predicted octanol–water partition coefficient (Wildman–Crippen LogP) is 3.21. The molecule has 6 nitrogen and oxygen atoms in total. The summed E-state index contributed by atoms with van der Waals surface area (Å²) in [5, 5.41) is 6.82. The topological polar surface area (TPSA) is 58.1 Å². The summed E-state index contributed by atoms with van der Waals surface area (Å²) < 4.78 is 11.3. The Morgan fingerprint density at radius 1 is 1.14 bits per heavy atom. The molecule has 0 aliphatic carbocycles. The van der Waals surface area contributed by atoms with Gasteiger partial charge in [0.2, 0.25) is 0 Å². The second kappa shape index (κ2) is 14.4. The highest BCUT2D eigenvalue weighted by atomic mass is 16.5. The number of hydrogen-bond donors (Lipinski definition) is 2. The van der Waals surface area contributed by atoms with E-state index in [1.807, 2.05) is 0 Å². The first-order valence-corrected chi connectivity index (χ1v) is 11.3. The summed E-state index contributed by atoms with van der Waals surface area (Å²) in [5.74, 6) is 0.881. The van der Waals surface area contributed by atoms with Crippen LogP contribution in [0.15, 0.2) is 35.3 Å². The number of benzene rings is 1. The van der Waals surface area contributed by atoms with Crippen LogP contribution in [0.5, 0.6) is 0 Å². The van der Waals surface area contributed by atoms with Gasteiger partial charge in [0.1, 0.15) is 0 Å². The fraction of sp³-hybridized carbons (Fsp3) is 0.696. The zero-order chi connectivity index (χ0) is 20.7. The van der Waals surface area contributed by atoms with Crippen molar-refractivity contribution in [3.05, 3.63) is 35.9 Å². The SMILES string of the molecule is CCNC(=NCC(c1ccccc1)N(CC)CC)NCCCOC1CCOCC1. The molecule has 1 heterocycles. The second-order valence-corrected chi connectivity index (χ2v) is 7.33. The lowest BCUT2D eigenvalue weighted by molar-refractivity contribution is -0.0320. The number of nitrogens with one attached hydrogen (secondary N) is 2. The first-order chi connectivity index (χ1) is 14.3. The number of likely N-dealkylation sites (N-methyl/N-ethyl adjacent to an activating group) is 1. The molecule has 29 heavy (non-hydrogen) atoms. The van der Waals surface area contributed by atoms with Gasteiger partial charge in [0.25, 0.3) is 0 Å². The van der Waals surface area contributed by atoms with E-state index in [1.54, 1.807) is 0 Å². The van der Waals surface area contributed by atoms with Crippen molar-refractivity contribution in [2.75, 3.05) is 52.5 Å². The van der Waals surface area contributed by atoms with Crippen LogP contribution in [-0.4, -0.2) is 69.5 Å². The van der Waals surface area contributed by atoms with Crippen LogP contribution in [0.25, 0.3) is 0 Å². The first kappa shape index (κ1) is 23.6. The van der Waals surface area contributed by atoms with Crippen LogP contribution in [0.3, 0.4) is 0 Å². The molecule has 0 aromatic heterocycles. The summed E-state index contributed by atoms with van der Waals surface area (Å²) in [7, 11) is 0. The molecule has 0 saturated carbocycles. The third kappa shape index (κ3) is 8.72. The molecule has 1 saturated heterocycles. The number of nitrogens with zero attached hydrogens (tertiary/aromatic N) is 2. The molecule has 1 fully saturated rings. The summed E-state index contributed by atoms with van der Waals surface area (Å²) in [6.45, 7) is 13.4. The Bertz CT molecular complexity index is 557. The molecule has 1 unspecified atom stereocenters. The first-order valence-electron chi connectivity index (χ1n) is 11.3. The van der Waals surface area contributed by atoms with E-state index in [4.69, 9.17) is 14.5 Å². The van der Waals surface area contributed by atoms with Gasteiger partial charge in [0.15, 0.2) is 5.96 Å². The number of aliphatic imine (C=N–C) groups is 1. The van der Waals surface area contributed by atoms with Crippen molar-refractivity contribution in [2.24, 2.45) is 4.99 Å². The van der Waals surface area contributed by atoms with Crippen molar-refractivity contribution in [1.29, 1.82) is 0 Å². The molecule has 2 N–H and O–H groups in total. The fourth-order valence-corrected chi connectivity index (χ4v) is 3.66. The molecule has 1 aliphatic rings. The molecular weight excluding hydrogens is 364 g/mol. The molecule has 1 aromatic rings. The zero-order valence-corrected chi connectivity index (χ0v) is 18.5. The molecule has 0 bridgehead atoms. The molecule has 164 valence electrons. The maximum absolute atomic E-state index is 5.95. The van der Waals surface area contributed by atoms with E-state index in [9.17, 15) is 0 Å². The Morgan fingerprint density at radius 3 is 2.52 bits per heavy atom. The van der Waals surface area contributed by atoms with E-state index in [0.717, 1.165) is 77.8 Å². The molecule has 2 rings (SSSR count). The van der Waals surface area contributed by atoms with Crippen LogP contribution < -0.4 is 10.6 Å². The maximum atomic E-state index is 5.95. The van der Waals surface area contributed by atoms with E-state index >= 15 is 0 Å². The van der Waals surface area contributed by atoms with Crippen LogP contribution in [0.4, 0.5) is 0 Å². The van der Waals surface area contributed by atoms with E-state index in [1.165, 1.54) is 5.56 Å². The molecule has 6 heteroatoms. The lowest BCUT2D eigenvalue weighted by Gasteiger charge is -2.29. The van der Waals surface area contributed by atoms with Crippen LogP contribution in [-0.2, 0) is 9.47 Å². The molecule has 1 aromatic carbocycles. The average molecular weight is 405 g/mol. The predicted molar refractivity (Wildman–Crippen MR) is 120 cm³/mol. The quantitative estimate of drug-likeness (QED) is 0.318. The molecule has 1 atom stereocenters. The van der Waals surface area contributed by atoms with Crippen molar-refractivity contribution in [2.45, 2.75) is 52.2 Å². The second-order valence-electron chi connectivity index (χ2n) is 7.33. The standard InChI is InChI=1S/C23H40N4O2/c1-4-24-23(25-15-10-16-29-21-13-17-28-18-14-21)26-19-22(27(5-2)6-3)20-11-8-7-9-12-20/h7-9,11-12,21-22H,4-6,10,13-19H2,1-3H3,(H2,24,25,26). The van der Waals surface area contributed by atoms with E-state index < -0.39 is 0 Å². The highest BCUT2D eigenvalue weighted by Crippen LogP contribution is 2.20. The number of rotatable bonds is 12. The Kier molecular flexibility index (Phi) is 11.7. The fourth-order valence-electron chi connectivity index (χ4n) is 3.66. The minimum Gasteiger partial charge on any atom is -0.381 e. The van der Waals surface area contributed by atoms with Crippen molar-refractivity contribution in [3.63, 3.8) is 0 Å². The molecule has 0 spiro atoms. The van der Waals surface area contributed by atoms with Gasteiger partial charge in [0.05, 0.1) is 18.7 Å². The van der Waals surface area contributed by atoms with Gasteiger partial charge < -0.3 is 20.1 Å². The lowest BCUT2D eigenvalue weighted by Crippen LogP contribution is -2.39. The van der Waals surface area contributed by atoms with Crippen LogP contribution in [0.2, 0.25) is 0 Å². The van der Waals surface area contributed by atoms with Crippen molar-refractivity contribution >= 4 is 5.96 Å². The van der Waals surface area contributed by atoms with Gasteiger partial charge in [-0.1, -0.05) is 44.2 Å².